The molecule has 0 aliphatic heterocycles. The molecule has 7 heteroatoms. The maximum Gasteiger partial charge on any atom is 0.305 e. The highest BCUT2D eigenvalue weighted by Crippen LogP contribution is 2.17. The molecule has 0 atom stereocenters. The number of nitrogens with one attached hydrogen (secondary N) is 1. The van der Waals surface area contributed by atoms with E-state index in [1.165, 1.54) is 12.1 Å². The van der Waals surface area contributed by atoms with Gasteiger partial charge < -0.3 is 10.4 Å². The van der Waals surface area contributed by atoms with Gasteiger partial charge in [0.2, 0.25) is 5.69 Å². The molecule has 0 saturated heterocycles. The van der Waals surface area contributed by atoms with Crippen LogP contribution in [-0.2, 0) is 0 Å². The van der Waals surface area contributed by atoms with Gasteiger partial charge in [0, 0.05) is 19.2 Å². The number of rotatable bonds is 5. The van der Waals surface area contributed by atoms with E-state index in [1.807, 2.05) is 0 Å². The lowest BCUT2D eigenvalue weighted by Gasteiger charge is -2.04. The quantitative estimate of drug-likeness (QED) is 0.430. The molecule has 1 rings (SSSR count). The van der Waals surface area contributed by atoms with Crippen LogP contribution >= 0.6 is 0 Å². The summed E-state index contributed by atoms with van der Waals surface area (Å²) in [5, 5.41) is 30.6. The Morgan fingerprint density at radius 1 is 1.62 bits per heavy atom. The van der Waals surface area contributed by atoms with Gasteiger partial charge in [0.05, 0.1) is 4.92 Å². The summed E-state index contributed by atoms with van der Waals surface area (Å²) in [6.45, 7) is 0.539. The molecule has 0 unspecified atom stereocenters. The first kappa shape index (κ1) is 11.9. The molecular formula is C9H10N4O3. The Hall–Kier alpha value is -2.20. The zero-order valence-corrected chi connectivity index (χ0v) is 8.38. The first-order chi connectivity index (χ1) is 7.69. The SMILES string of the molecule is N#Cc1nc(NCCCO)ccc1[N+](=O)[O-]. The van der Waals surface area contributed by atoms with Crippen LogP contribution in [0.4, 0.5) is 11.5 Å². The molecule has 0 aliphatic carbocycles. The number of nitro groups is 1. The Bertz CT molecular complexity index is 427. The number of anilines is 1. The van der Waals surface area contributed by atoms with Crippen LogP contribution in [0.2, 0.25) is 0 Å². The Kier molecular flexibility index (Phi) is 4.17. The zero-order valence-electron chi connectivity index (χ0n) is 8.38. The number of aliphatic hydroxyl groups is 1. The fourth-order valence-electron chi connectivity index (χ4n) is 1.08. The molecule has 1 aromatic rings. The maximum absolute atomic E-state index is 10.5. The van der Waals surface area contributed by atoms with Crippen LogP contribution in [0.25, 0.3) is 0 Å². The zero-order chi connectivity index (χ0) is 12.0. The number of nitrogens with zero attached hydrogens (tertiary/aromatic N) is 3. The lowest BCUT2D eigenvalue weighted by molar-refractivity contribution is -0.385. The van der Waals surface area contributed by atoms with Gasteiger partial charge in [-0.3, -0.25) is 10.1 Å². The normalized spacial score (nSPS) is 9.50. The molecule has 0 amide bonds. The highest BCUT2D eigenvalue weighted by atomic mass is 16.6. The van der Waals surface area contributed by atoms with E-state index >= 15 is 0 Å². The molecule has 0 radical (unpaired) electrons. The van der Waals surface area contributed by atoms with Gasteiger partial charge in [0.1, 0.15) is 11.9 Å². The minimum atomic E-state index is -0.650. The molecule has 0 aliphatic rings. The fourth-order valence-corrected chi connectivity index (χ4v) is 1.08. The molecule has 2 N–H and O–H groups in total. The monoisotopic (exact) mass is 222 g/mol. The van der Waals surface area contributed by atoms with Crippen molar-refractivity contribution in [2.45, 2.75) is 6.42 Å². The highest BCUT2D eigenvalue weighted by Gasteiger charge is 2.15. The summed E-state index contributed by atoms with van der Waals surface area (Å²) in [5.41, 5.74) is -0.533. The van der Waals surface area contributed by atoms with Crippen LogP contribution in [0.15, 0.2) is 12.1 Å². The first-order valence-electron chi connectivity index (χ1n) is 4.59. The second-order valence-corrected chi connectivity index (χ2v) is 2.94. The Balaban J connectivity index is 2.84. The molecule has 1 heterocycles. The van der Waals surface area contributed by atoms with Gasteiger partial charge in [-0.25, -0.2) is 4.98 Å². The van der Waals surface area contributed by atoms with Crippen LogP contribution < -0.4 is 5.32 Å². The highest BCUT2D eigenvalue weighted by molar-refractivity contribution is 5.50. The lowest BCUT2D eigenvalue weighted by atomic mass is 10.3. The van der Waals surface area contributed by atoms with Crippen molar-refractivity contribution >= 4 is 11.5 Å². The van der Waals surface area contributed by atoms with Crippen molar-refractivity contribution in [3.05, 3.63) is 27.9 Å². The molecule has 0 bridgehead atoms. The van der Waals surface area contributed by atoms with Gasteiger partial charge in [-0.05, 0) is 12.5 Å². The molecule has 1 aromatic heterocycles. The van der Waals surface area contributed by atoms with E-state index < -0.39 is 4.92 Å². The van der Waals surface area contributed by atoms with E-state index in [4.69, 9.17) is 10.4 Å². The van der Waals surface area contributed by atoms with Gasteiger partial charge in [-0.15, -0.1) is 0 Å². The number of hydrogen-bond donors (Lipinski definition) is 2. The van der Waals surface area contributed by atoms with Crippen LogP contribution in [0.5, 0.6) is 0 Å². The van der Waals surface area contributed by atoms with E-state index in [9.17, 15) is 10.1 Å². The molecule has 16 heavy (non-hydrogen) atoms. The second kappa shape index (κ2) is 5.63. The smallest absolute Gasteiger partial charge is 0.305 e. The predicted octanol–water partition coefficient (Wildman–Crippen LogP) is 0.656. The van der Waals surface area contributed by atoms with Gasteiger partial charge in [-0.1, -0.05) is 0 Å². The Morgan fingerprint density at radius 3 is 2.94 bits per heavy atom. The molecule has 0 saturated carbocycles. The molecule has 0 spiro atoms. The second-order valence-electron chi connectivity index (χ2n) is 2.94. The maximum atomic E-state index is 10.5. The van der Waals surface area contributed by atoms with Gasteiger partial charge in [0.25, 0.3) is 0 Å². The average molecular weight is 222 g/mol. The average Bonchev–Trinajstić information content (AvgIpc) is 2.29. The standard InChI is InChI=1S/C9H10N4O3/c10-6-7-8(13(15)16)2-3-9(12-7)11-4-1-5-14/h2-3,14H,1,4-5H2,(H,11,12). The van der Waals surface area contributed by atoms with Gasteiger partial charge >= 0.3 is 5.69 Å². The van der Waals surface area contributed by atoms with Gasteiger partial charge in [0.15, 0.2) is 0 Å². The summed E-state index contributed by atoms with van der Waals surface area (Å²) in [4.78, 5) is 13.7. The van der Waals surface area contributed by atoms with E-state index in [0.29, 0.717) is 18.8 Å². The number of hydrogen-bond acceptors (Lipinski definition) is 6. The molecule has 84 valence electrons. The molecular weight excluding hydrogens is 212 g/mol. The van der Waals surface area contributed by atoms with Crippen LogP contribution in [-0.4, -0.2) is 28.2 Å². The third kappa shape index (κ3) is 2.90. The molecule has 0 fully saturated rings. The van der Waals surface area contributed by atoms with Crippen molar-refractivity contribution in [2.24, 2.45) is 0 Å². The summed E-state index contributed by atoms with van der Waals surface area (Å²) >= 11 is 0. The van der Waals surface area contributed by atoms with Crippen molar-refractivity contribution in [2.75, 3.05) is 18.5 Å². The molecule has 7 nitrogen and oxygen atoms in total. The van der Waals surface area contributed by atoms with E-state index in [1.54, 1.807) is 6.07 Å². The summed E-state index contributed by atoms with van der Waals surface area (Å²) in [6.07, 6.45) is 0.542. The number of pyridine rings is 1. The number of nitriles is 1. The Morgan fingerprint density at radius 2 is 2.38 bits per heavy atom. The van der Waals surface area contributed by atoms with Crippen LogP contribution in [0, 0.1) is 21.4 Å². The van der Waals surface area contributed by atoms with Crippen molar-refractivity contribution in [1.29, 1.82) is 5.26 Å². The first-order valence-corrected chi connectivity index (χ1v) is 4.59. The van der Waals surface area contributed by atoms with Crippen LogP contribution in [0.3, 0.4) is 0 Å². The Labute approximate surface area is 91.5 Å². The summed E-state index contributed by atoms with van der Waals surface area (Å²) in [6, 6.07) is 4.32. The van der Waals surface area contributed by atoms with E-state index in [0.717, 1.165) is 0 Å². The lowest BCUT2D eigenvalue weighted by Crippen LogP contribution is -2.06. The van der Waals surface area contributed by atoms with Crippen molar-refractivity contribution < 1.29 is 10.0 Å². The van der Waals surface area contributed by atoms with Crippen molar-refractivity contribution in [3.8, 4) is 6.07 Å². The predicted molar refractivity (Wildman–Crippen MR) is 55.8 cm³/mol. The summed E-state index contributed by atoms with van der Waals surface area (Å²) in [5.74, 6) is 0.385. The summed E-state index contributed by atoms with van der Waals surface area (Å²) < 4.78 is 0. The van der Waals surface area contributed by atoms with E-state index in [-0.39, 0.29) is 18.0 Å². The van der Waals surface area contributed by atoms with Crippen LogP contribution in [0.1, 0.15) is 12.1 Å². The minimum absolute atomic E-state index is 0.0467. The number of aromatic nitrogens is 1. The fraction of sp³-hybridized carbons (Fsp3) is 0.333. The molecule has 0 aromatic carbocycles. The minimum Gasteiger partial charge on any atom is -0.396 e. The topological polar surface area (TPSA) is 112 Å². The largest absolute Gasteiger partial charge is 0.396 e. The van der Waals surface area contributed by atoms with E-state index in [2.05, 4.69) is 10.3 Å². The third-order valence-corrected chi connectivity index (χ3v) is 1.82. The third-order valence-electron chi connectivity index (χ3n) is 1.82. The van der Waals surface area contributed by atoms with Crippen molar-refractivity contribution in [3.63, 3.8) is 0 Å². The number of aliphatic hydroxyl groups excluding tert-OH is 1. The summed E-state index contributed by atoms with van der Waals surface area (Å²) in [7, 11) is 0. The van der Waals surface area contributed by atoms with Crippen molar-refractivity contribution in [1.82, 2.24) is 4.98 Å². The van der Waals surface area contributed by atoms with Gasteiger partial charge in [-0.2, -0.15) is 5.26 Å².